The van der Waals surface area contributed by atoms with Crippen LogP contribution in [-0.2, 0) is 4.74 Å². The molecule has 0 bridgehead atoms. The summed E-state index contributed by atoms with van der Waals surface area (Å²) in [7, 11) is 0. The molecule has 2 saturated heterocycles. The summed E-state index contributed by atoms with van der Waals surface area (Å²) >= 11 is 2.11. The van der Waals surface area contributed by atoms with Crippen LogP contribution >= 0.6 is 11.8 Å². The van der Waals surface area contributed by atoms with Crippen LogP contribution in [0.2, 0.25) is 0 Å². The SMILES string of the molecule is CCC1CN(C2(CN)CCOC2C)CCS1. The van der Waals surface area contributed by atoms with Gasteiger partial charge in [-0.15, -0.1) is 0 Å². The van der Waals surface area contributed by atoms with E-state index in [4.69, 9.17) is 10.5 Å². The van der Waals surface area contributed by atoms with Gasteiger partial charge in [0.05, 0.1) is 11.6 Å². The summed E-state index contributed by atoms with van der Waals surface area (Å²) in [5, 5.41) is 0.782. The van der Waals surface area contributed by atoms with E-state index >= 15 is 0 Å². The van der Waals surface area contributed by atoms with Gasteiger partial charge in [-0.05, 0) is 19.8 Å². The van der Waals surface area contributed by atoms with Gasteiger partial charge in [-0.3, -0.25) is 4.90 Å². The minimum atomic E-state index is 0.119. The summed E-state index contributed by atoms with van der Waals surface area (Å²) in [6.07, 6.45) is 2.65. The van der Waals surface area contributed by atoms with Crippen LogP contribution in [0.25, 0.3) is 0 Å². The molecule has 0 aliphatic carbocycles. The van der Waals surface area contributed by atoms with Crippen LogP contribution in [0.1, 0.15) is 26.7 Å². The largest absolute Gasteiger partial charge is 0.376 e. The molecule has 2 aliphatic heterocycles. The molecule has 3 atom stereocenters. The van der Waals surface area contributed by atoms with Gasteiger partial charge in [-0.25, -0.2) is 0 Å². The molecule has 0 amide bonds. The Balaban J connectivity index is 2.08. The fraction of sp³-hybridized carbons (Fsp3) is 1.00. The van der Waals surface area contributed by atoms with Crippen molar-refractivity contribution in [3.63, 3.8) is 0 Å². The van der Waals surface area contributed by atoms with Crippen LogP contribution in [0, 0.1) is 0 Å². The minimum Gasteiger partial charge on any atom is -0.376 e. The highest BCUT2D eigenvalue weighted by molar-refractivity contribution is 8.00. The first-order valence-electron chi connectivity index (χ1n) is 6.41. The van der Waals surface area contributed by atoms with Crippen molar-refractivity contribution >= 4 is 11.8 Å². The second-order valence-corrected chi connectivity index (χ2v) is 6.33. The first-order chi connectivity index (χ1) is 7.73. The Labute approximate surface area is 103 Å². The molecule has 0 spiro atoms. The smallest absolute Gasteiger partial charge is 0.0743 e. The van der Waals surface area contributed by atoms with Crippen LogP contribution < -0.4 is 5.73 Å². The average Bonchev–Trinajstić information content (AvgIpc) is 2.71. The zero-order valence-electron chi connectivity index (χ0n) is 10.4. The zero-order chi connectivity index (χ0) is 11.6. The number of ether oxygens (including phenoxy) is 1. The number of nitrogens with two attached hydrogens (primary N) is 1. The van der Waals surface area contributed by atoms with Crippen LogP contribution in [0.5, 0.6) is 0 Å². The van der Waals surface area contributed by atoms with Gasteiger partial charge in [0.2, 0.25) is 0 Å². The molecule has 2 aliphatic rings. The molecule has 3 unspecified atom stereocenters. The predicted octanol–water partition coefficient (Wildman–Crippen LogP) is 1.32. The predicted molar refractivity (Wildman–Crippen MR) is 69.9 cm³/mol. The molecule has 16 heavy (non-hydrogen) atoms. The molecule has 2 fully saturated rings. The van der Waals surface area contributed by atoms with E-state index in [1.807, 2.05) is 0 Å². The number of nitrogens with zero attached hydrogens (tertiary/aromatic N) is 1. The summed E-state index contributed by atoms with van der Waals surface area (Å²) in [5.74, 6) is 1.24. The van der Waals surface area contributed by atoms with E-state index in [9.17, 15) is 0 Å². The lowest BCUT2D eigenvalue weighted by Crippen LogP contribution is -2.61. The first-order valence-corrected chi connectivity index (χ1v) is 7.46. The van der Waals surface area contributed by atoms with E-state index in [0.29, 0.717) is 0 Å². The van der Waals surface area contributed by atoms with Gasteiger partial charge in [0, 0.05) is 37.2 Å². The monoisotopic (exact) mass is 244 g/mol. The molecular formula is C12H24N2OS. The van der Waals surface area contributed by atoms with Crippen LogP contribution in [0.3, 0.4) is 0 Å². The summed E-state index contributed by atoms with van der Waals surface area (Å²) in [4.78, 5) is 2.61. The molecule has 0 aromatic rings. The van der Waals surface area contributed by atoms with E-state index in [2.05, 4.69) is 30.5 Å². The third-order valence-electron chi connectivity index (χ3n) is 4.24. The topological polar surface area (TPSA) is 38.5 Å². The van der Waals surface area contributed by atoms with Gasteiger partial charge in [-0.2, -0.15) is 11.8 Å². The standard InChI is InChI=1S/C12H24N2OS/c1-3-11-8-14(5-7-16-11)12(9-13)4-6-15-10(12)2/h10-11H,3-9,13H2,1-2H3. The Morgan fingerprint density at radius 1 is 1.56 bits per heavy atom. The van der Waals surface area contributed by atoms with Crippen molar-refractivity contribution in [2.24, 2.45) is 5.73 Å². The number of rotatable bonds is 3. The lowest BCUT2D eigenvalue weighted by molar-refractivity contribution is 0.0159. The minimum absolute atomic E-state index is 0.119. The maximum Gasteiger partial charge on any atom is 0.0743 e. The molecule has 4 heteroatoms. The van der Waals surface area contributed by atoms with Crippen molar-refractivity contribution in [1.29, 1.82) is 0 Å². The van der Waals surface area contributed by atoms with Gasteiger partial charge in [0.15, 0.2) is 0 Å². The highest BCUT2D eigenvalue weighted by Gasteiger charge is 2.46. The number of hydrogen-bond donors (Lipinski definition) is 1. The fourth-order valence-corrected chi connectivity index (χ4v) is 4.13. The van der Waals surface area contributed by atoms with Gasteiger partial charge in [-0.1, -0.05) is 6.92 Å². The van der Waals surface area contributed by atoms with E-state index in [1.165, 1.54) is 25.3 Å². The van der Waals surface area contributed by atoms with E-state index in [-0.39, 0.29) is 11.6 Å². The highest BCUT2D eigenvalue weighted by Crippen LogP contribution is 2.35. The van der Waals surface area contributed by atoms with Gasteiger partial charge < -0.3 is 10.5 Å². The lowest BCUT2D eigenvalue weighted by Gasteiger charge is -2.46. The van der Waals surface area contributed by atoms with Crippen molar-refractivity contribution in [3.05, 3.63) is 0 Å². The number of thioether (sulfide) groups is 1. The lowest BCUT2D eigenvalue weighted by atomic mass is 9.89. The molecule has 0 radical (unpaired) electrons. The zero-order valence-corrected chi connectivity index (χ0v) is 11.3. The molecule has 0 saturated carbocycles. The third-order valence-corrected chi connectivity index (χ3v) is 5.61. The second-order valence-electron chi connectivity index (χ2n) is 4.92. The van der Waals surface area contributed by atoms with Crippen molar-refractivity contribution in [2.75, 3.05) is 32.0 Å². The van der Waals surface area contributed by atoms with Crippen molar-refractivity contribution in [1.82, 2.24) is 4.90 Å². The van der Waals surface area contributed by atoms with Crippen LogP contribution in [0.4, 0.5) is 0 Å². The van der Waals surface area contributed by atoms with Gasteiger partial charge >= 0.3 is 0 Å². The molecule has 2 rings (SSSR count). The van der Waals surface area contributed by atoms with Crippen molar-refractivity contribution in [3.8, 4) is 0 Å². The summed E-state index contributed by atoms with van der Waals surface area (Å²) in [6.45, 7) is 8.43. The van der Waals surface area contributed by atoms with Crippen molar-refractivity contribution < 1.29 is 4.74 Å². The molecule has 2 N–H and O–H groups in total. The summed E-state index contributed by atoms with van der Waals surface area (Å²) < 4.78 is 5.75. The second kappa shape index (κ2) is 5.25. The molecule has 0 aromatic carbocycles. The molecular weight excluding hydrogens is 220 g/mol. The van der Waals surface area contributed by atoms with Crippen LogP contribution in [-0.4, -0.2) is 53.8 Å². The Morgan fingerprint density at radius 3 is 2.94 bits per heavy atom. The summed E-state index contributed by atoms with van der Waals surface area (Å²) in [6, 6.07) is 0. The Morgan fingerprint density at radius 2 is 2.38 bits per heavy atom. The average molecular weight is 244 g/mol. The number of hydrogen-bond acceptors (Lipinski definition) is 4. The molecule has 0 aromatic heterocycles. The Kier molecular flexibility index (Phi) is 4.16. The van der Waals surface area contributed by atoms with Crippen LogP contribution in [0.15, 0.2) is 0 Å². The van der Waals surface area contributed by atoms with Gasteiger partial charge in [0.1, 0.15) is 0 Å². The quantitative estimate of drug-likeness (QED) is 0.812. The fourth-order valence-electron chi connectivity index (χ4n) is 2.95. The molecule has 94 valence electrons. The van der Waals surface area contributed by atoms with Gasteiger partial charge in [0.25, 0.3) is 0 Å². The molecule has 2 heterocycles. The highest BCUT2D eigenvalue weighted by atomic mass is 32.2. The summed E-state index contributed by atoms with van der Waals surface area (Å²) in [5.41, 5.74) is 6.17. The maximum atomic E-state index is 6.05. The van der Waals surface area contributed by atoms with E-state index < -0.39 is 0 Å². The normalized spacial score (nSPS) is 41.4. The van der Waals surface area contributed by atoms with Crippen molar-refractivity contribution in [2.45, 2.75) is 43.6 Å². The maximum absolute atomic E-state index is 6.05. The third kappa shape index (κ3) is 2.13. The molecule has 3 nitrogen and oxygen atoms in total. The van der Waals surface area contributed by atoms with E-state index in [1.54, 1.807) is 0 Å². The van der Waals surface area contributed by atoms with E-state index in [0.717, 1.165) is 24.8 Å². The first kappa shape index (κ1) is 12.7. The Hall–Kier alpha value is 0.230. The Bertz CT molecular complexity index is 239.